The number of aryl methyl sites for hydroxylation is 1. The molecular formula is C21H13F2N7. The lowest BCUT2D eigenvalue weighted by Crippen LogP contribution is -2.03. The minimum atomic E-state index is -0.691. The van der Waals surface area contributed by atoms with Crippen molar-refractivity contribution in [3.05, 3.63) is 78.5 Å². The maximum atomic E-state index is 14.1. The molecule has 3 heterocycles. The zero-order valence-electron chi connectivity index (χ0n) is 15.7. The molecule has 0 aliphatic rings. The van der Waals surface area contributed by atoms with Crippen LogP contribution < -0.4 is 0 Å². The summed E-state index contributed by atoms with van der Waals surface area (Å²) in [5, 5.41) is 13.2. The summed E-state index contributed by atoms with van der Waals surface area (Å²) in [4.78, 5) is 12.9. The largest absolute Gasteiger partial charge is 0.252 e. The highest BCUT2D eigenvalue weighted by Crippen LogP contribution is 2.30. The highest BCUT2D eigenvalue weighted by Gasteiger charge is 2.15. The number of fused-ring (bicyclic) bond motifs is 1. The molecule has 0 saturated carbocycles. The average Bonchev–Trinajstić information content (AvgIpc) is 3.19. The van der Waals surface area contributed by atoms with Crippen LogP contribution in [0.3, 0.4) is 0 Å². The van der Waals surface area contributed by atoms with Crippen molar-refractivity contribution in [2.45, 2.75) is 6.92 Å². The molecule has 0 aliphatic carbocycles. The van der Waals surface area contributed by atoms with E-state index in [0.29, 0.717) is 33.9 Å². The first-order chi connectivity index (χ1) is 14.6. The molecule has 3 aromatic heterocycles. The number of rotatable bonds is 3. The summed E-state index contributed by atoms with van der Waals surface area (Å²) in [6.07, 6.45) is 3.15. The van der Waals surface area contributed by atoms with Gasteiger partial charge in [0.1, 0.15) is 29.3 Å². The molecule has 0 radical (unpaired) electrons. The quantitative estimate of drug-likeness (QED) is 0.456. The molecule has 0 unspecified atom stereocenters. The van der Waals surface area contributed by atoms with Gasteiger partial charge in [0.25, 0.3) is 5.95 Å². The van der Waals surface area contributed by atoms with E-state index in [-0.39, 0.29) is 11.3 Å². The summed E-state index contributed by atoms with van der Waals surface area (Å²) in [6.45, 7) is 1.77. The van der Waals surface area contributed by atoms with E-state index in [0.717, 1.165) is 0 Å². The van der Waals surface area contributed by atoms with Crippen molar-refractivity contribution in [3.8, 4) is 28.5 Å². The molecule has 146 valence electrons. The fraction of sp³-hybridized carbons (Fsp3) is 0.0476. The van der Waals surface area contributed by atoms with Gasteiger partial charge in [-0.2, -0.15) is 4.68 Å². The van der Waals surface area contributed by atoms with Crippen LogP contribution in [0.15, 0.2) is 61.1 Å². The maximum absolute atomic E-state index is 14.1. The van der Waals surface area contributed by atoms with E-state index in [1.807, 2.05) is 12.1 Å². The van der Waals surface area contributed by atoms with Crippen molar-refractivity contribution < 1.29 is 8.78 Å². The Morgan fingerprint density at radius 2 is 1.67 bits per heavy atom. The van der Waals surface area contributed by atoms with Crippen LogP contribution in [0.2, 0.25) is 0 Å². The summed E-state index contributed by atoms with van der Waals surface area (Å²) in [6, 6.07) is 12.5. The van der Waals surface area contributed by atoms with Crippen LogP contribution in [-0.4, -0.2) is 34.9 Å². The molecule has 5 rings (SSSR count). The summed E-state index contributed by atoms with van der Waals surface area (Å²) in [7, 11) is 0. The molecule has 0 aliphatic heterocycles. The topological polar surface area (TPSA) is 82.3 Å². The Hall–Kier alpha value is -4.14. The molecule has 0 amide bonds. The minimum absolute atomic E-state index is 0.122. The second-order valence-electron chi connectivity index (χ2n) is 6.55. The van der Waals surface area contributed by atoms with E-state index in [2.05, 4.69) is 30.2 Å². The fourth-order valence-corrected chi connectivity index (χ4v) is 3.19. The molecule has 7 nitrogen and oxygen atoms in total. The Morgan fingerprint density at radius 3 is 2.43 bits per heavy atom. The summed E-state index contributed by atoms with van der Waals surface area (Å²) in [5.74, 6) is -0.414. The van der Waals surface area contributed by atoms with Crippen molar-refractivity contribution in [3.63, 3.8) is 0 Å². The van der Waals surface area contributed by atoms with Gasteiger partial charge in [-0.25, -0.2) is 23.7 Å². The lowest BCUT2D eigenvalue weighted by molar-refractivity contribution is 0.588. The van der Waals surface area contributed by atoms with Crippen molar-refractivity contribution in [2.75, 3.05) is 0 Å². The van der Waals surface area contributed by atoms with E-state index in [1.165, 1.54) is 29.2 Å². The third-order valence-corrected chi connectivity index (χ3v) is 4.57. The Balaban J connectivity index is 1.63. The van der Waals surface area contributed by atoms with Crippen molar-refractivity contribution in [1.82, 2.24) is 34.9 Å². The summed E-state index contributed by atoms with van der Waals surface area (Å²) < 4.78 is 29.8. The van der Waals surface area contributed by atoms with Crippen LogP contribution in [0.5, 0.6) is 0 Å². The Kier molecular flexibility index (Phi) is 4.20. The average molecular weight is 401 g/mol. The van der Waals surface area contributed by atoms with E-state index < -0.39 is 11.6 Å². The molecule has 30 heavy (non-hydrogen) atoms. The van der Waals surface area contributed by atoms with E-state index in [1.54, 1.807) is 31.3 Å². The van der Waals surface area contributed by atoms with Gasteiger partial charge in [-0.15, -0.1) is 15.3 Å². The van der Waals surface area contributed by atoms with Gasteiger partial charge in [0.15, 0.2) is 0 Å². The molecule has 0 bridgehead atoms. The van der Waals surface area contributed by atoms with E-state index >= 15 is 0 Å². The van der Waals surface area contributed by atoms with Gasteiger partial charge in [0.2, 0.25) is 0 Å². The predicted octanol–water partition coefficient (Wildman–Crippen LogP) is 3.92. The molecule has 2 aromatic carbocycles. The summed E-state index contributed by atoms with van der Waals surface area (Å²) >= 11 is 0. The second-order valence-corrected chi connectivity index (χ2v) is 6.55. The van der Waals surface area contributed by atoms with Gasteiger partial charge in [-0.1, -0.05) is 24.3 Å². The van der Waals surface area contributed by atoms with Gasteiger partial charge < -0.3 is 0 Å². The summed E-state index contributed by atoms with van der Waals surface area (Å²) in [5.41, 5.74) is 1.79. The SMILES string of the molecule is Cc1ncn(-c2nccc(-c3cccc4cc(-c5c(F)cccc5F)nnc34)n2)n1. The lowest BCUT2D eigenvalue weighted by atomic mass is 10.0. The molecule has 9 heteroatoms. The van der Waals surface area contributed by atoms with Gasteiger partial charge in [-0.3, -0.25) is 0 Å². The van der Waals surface area contributed by atoms with Crippen LogP contribution in [-0.2, 0) is 0 Å². The third kappa shape index (κ3) is 3.06. The van der Waals surface area contributed by atoms with Gasteiger partial charge in [0.05, 0.1) is 17.0 Å². The van der Waals surface area contributed by atoms with E-state index in [4.69, 9.17) is 0 Å². The van der Waals surface area contributed by atoms with Crippen LogP contribution in [0.25, 0.3) is 39.4 Å². The standard InChI is InChI=1S/C21H13F2N7/c1-12-25-11-30(29-12)21-24-9-8-17(26-21)14-5-2-4-13-10-18(27-28-20(13)14)19-15(22)6-3-7-16(19)23/h2-11H,1H3. The number of hydrogen-bond acceptors (Lipinski definition) is 6. The highest BCUT2D eigenvalue weighted by atomic mass is 19.1. The van der Waals surface area contributed by atoms with Gasteiger partial charge in [0, 0.05) is 17.1 Å². The predicted molar refractivity (Wildman–Crippen MR) is 106 cm³/mol. The number of benzene rings is 2. The fourth-order valence-electron chi connectivity index (χ4n) is 3.19. The van der Waals surface area contributed by atoms with Gasteiger partial charge >= 0.3 is 0 Å². The second kappa shape index (κ2) is 7.03. The smallest absolute Gasteiger partial charge is 0.220 e. The molecule has 0 spiro atoms. The zero-order chi connectivity index (χ0) is 20.7. The number of aromatic nitrogens is 7. The highest BCUT2D eigenvalue weighted by molar-refractivity contribution is 5.93. The van der Waals surface area contributed by atoms with Crippen LogP contribution in [0.4, 0.5) is 8.78 Å². The first kappa shape index (κ1) is 17.9. The number of nitrogens with zero attached hydrogens (tertiary/aromatic N) is 7. The van der Waals surface area contributed by atoms with Crippen molar-refractivity contribution >= 4 is 10.9 Å². The molecule has 0 atom stereocenters. The van der Waals surface area contributed by atoms with Crippen LogP contribution in [0, 0.1) is 18.6 Å². The molecule has 0 saturated heterocycles. The zero-order valence-corrected chi connectivity index (χ0v) is 15.7. The Bertz CT molecular complexity index is 1380. The normalized spacial score (nSPS) is 11.2. The first-order valence-corrected chi connectivity index (χ1v) is 9.03. The minimum Gasteiger partial charge on any atom is -0.220 e. The molecule has 0 N–H and O–H groups in total. The monoisotopic (exact) mass is 401 g/mol. The van der Waals surface area contributed by atoms with Crippen molar-refractivity contribution in [2.24, 2.45) is 0 Å². The molecule has 5 aromatic rings. The number of hydrogen-bond donors (Lipinski definition) is 0. The van der Waals surface area contributed by atoms with Crippen LogP contribution in [0.1, 0.15) is 5.82 Å². The first-order valence-electron chi connectivity index (χ1n) is 9.03. The molecular weight excluding hydrogens is 388 g/mol. The van der Waals surface area contributed by atoms with Crippen molar-refractivity contribution in [1.29, 1.82) is 0 Å². The van der Waals surface area contributed by atoms with E-state index in [9.17, 15) is 8.78 Å². The third-order valence-electron chi connectivity index (χ3n) is 4.57. The number of halogens is 2. The van der Waals surface area contributed by atoms with Crippen LogP contribution >= 0.6 is 0 Å². The lowest BCUT2D eigenvalue weighted by Gasteiger charge is -2.08. The Labute approximate surface area is 169 Å². The Morgan fingerprint density at radius 1 is 0.867 bits per heavy atom. The van der Waals surface area contributed by atoms with Gasteiger partial charge in [-0.05, 0) is 31.2 Å². The maximum Gasteiger partial charge on any atom is 0.252 e. The molecule has 0 fully saturated rings.